The first-order valence-electron chi connectivity index (χ1n) is 6.90. The number of hydrogen-bond donors (Lipinski definition) is 0. The summed E-state index contributed by atoms with van der Waals surface area (Å²) >= 11 is 0. The third-order valence-electron chi connectivity index (χ3n) is 3.84. The van der Waals surface area contributed by atoms with Gasteiger partial charge in [-0.3, -0.25) is 0 Å². The number of hydrogen-bond acceptors (Lipinski definition) is 1. The highest BCUT2D eigenvalue weighted by Gasteiger charge is 2.36. The second kappa shape index (κ2) is 6.63. The second-order valence-electron chi connectivity index (χ2n) is 6.44. The van der Waals surface area contributed by atoms with Crippen molar-refractivity contribution in [2.24, 2.45) is 0 Å². The van der Waals surface area contributed by atoms with Gasteiger partial charge in [-0.25, -0.2) is 8.78 Å². The van der Waals surface area contributed by atoms with Crippen molar-refractivity contribution in [1.82, 2.24) is 0 Å². The van der Waals surface area contributed by atoms with Crippen LogP contribution in [0.5, 0.6) is 0 Å². The van der Waals surface area contributed by atoms with Crippen LogP contribution in [-0.4, -0.2) is 14.9 Å². The van der Waals surface area contributed by atoms with E-state index >= 15 is 0 Å². The zero-order chi connectivity index (χ0) is 15.4. The van der Waals surface area contributed by atoms with Crippen molar-refractivity contribution < 1.29 is 13.2 Å². The molecule has 0 atom stereocenters. The van der Waals surface area contributed by atoms with Gasteiger partial charge in [-0.05, 0) is 36.7 Å². The summed E-state index contributed by atoms with van der Waals surface area (Å²) in [5.41, 5.74) is 0.0137. The summed E-state index contributed by atoms with van der Waals surface area (Å²) in [5, 5.41) is 0.175. The van der Waals surface area contributed by atoms with Crippen LogP contribution in [0.4, 0.5) is 8.78 Å². The Morgan fingerprint density at radius 3 is 2.20 bits per heavy atom. The van der Waals surface area contributed by atoms with Crippen LogP contribution in [0.1, 0.15) is 32.8 Å². The molecule has 112 valence electrons. The Morgan fingerprint density at radius 1 is 1.15 bits per heavy atom. The molecule has 0 unspecified atom stereocenters. The standard InChI is InChI=1S/C16H24F2OSi/c1-16(2,3)20(4,5)19-12-7-6-9-13-14(17)10-8-11-15(13)18/h6,8-11H,7,12H2,1-5H3. The summed E-state index contributed by atoms with van der Waals surface area (Å²) in [6.07, 6.45) is 3.90. The molecule has 4 heteroatoms. The highest BCUT2D eigenvalue weighted by Crippen LogP contribution is 2.36. The smallest absolute Gasteiger partial charge is 0.191 e. The van der Waals surface area contributed by atoms with E-state index in [1.807, 2.05) is 0 Å². The summed E-state index contributed by atoms with van der Waals surface area (Å²) in [5.74, 6) is -1.07. The molecule has 0 heterocycles. The molecule has 0 amide bonds. The van der Waals surface area contributed by atoms with Crippen LogP contribution < -0.4 is 0 Å². The fourth-order valence-corrected chi connectivity index (χ4v) is 2.53. The Bertz CT molecular complexity index is 456. The Hall–Kier alpha value is -1.00. The van der Waals surface area contributed by atoms with Gasteiger partial charge in [0.2, 0.25) is 0 Å². The van der Waals surface area contributed by atoms with Gasteiger partial charge in [-0.1, -0.05) is 39.0 Å². The Labute approximate surface area is 121 Å². The lowest BCUT2D eigenvalue weighted by atomic mass is 10.2. The molecule has 0 bridgehead atoms. The maximum absolute atomic E-state index is 13.4. The lowest BCUT2D eigenvalue weighted by molar-refractivity contribution is 0.294. The molecule has 0 spiro atoms. The van der Waals surface area contributed by atoms with E-state index in [2.05, 4.69) is 33.9 Å². The van der Waals surface area contributed by atoms with Crippen LogP contribution in [0.25, 0.3) is 6.08 Å². The van der Waals surface area contributed by atoms with Gasteiger partial charge in [-0.2, -0.15) is 0 Å². The van der Waals surface area contributed by atoms with Crippen LogP contribution in [0.2, 0.25) is 18.1 Å². The van der Waals surface area contributed by atoms with E-state index in [1.54, 1.807) is 6.08 Å². The van der Waals surface area contributed by atoms with Gasteiger partial charge in [0.1, 0.15) is 11.6 Å². The topological polar surface area (TPSA) is 9.23 Å². The van der Waals surface area contributed by atoms with Crippen molar-refractivity contribution >= 4 is 14.4 Å². The van der Waals surface area contributed by atoms with E-state index in [9.17, 15) is 8.78 Å². The summed E-state index contributed by atoms with van der Waals surface area (Å²) < 4.78 is 32.8. The molecular formula is C16H24F2OSi. The Kier molecular flexibility index (Phi) is 5.65. The van der Waals surface area contributed by atoms with Gasteiger partial charge < -0.3 is 4.43 Å². The quantitative estimate of drug-likeness (QED) is 0.523. The Morgan fingerprint density at radius 2 is 1.70 bits per heavy atom. The van der Waals surface area contributed by atoms with E-state index in [1.165, 1.54) is 24.3 Å². The zero-order valence-corrected chi connectivity index (χ0v) is 14.0. The third kappa shape index (κ3) is 4.53. The van der Waals surface area contributed by atoms with E-state index in [4.69, 9.17) is 4.43 Å². The lowest BCUT2D eigenvalue weighted by Crippen LogP contribution is -2.40. The number of halogens is 2. The lowest BCUT2D eigenvalue weighted by Gasteiger charge is -2.36. The SMILES string of the molecule is CC(C)(C)[Si](C)(C)OCCC=Cc1c(F)cccc1F. The molecule has 1 rings (SSSR count). The molecule has 0 N–H and O–H groups in total. The fourth-order valence-electron chi connectivity index (χ4n) is 1.47. The largest absolute Gasteiger partial charge is 0.417 e. The third-order valence-corrected chi connectivity index (χ3v) is 8.38. The molecule has 0 saturated carbocycles. The second-order valence-corrected chi connectivity index (χ2v) is 11.2. The van der Waals surface area contributed by atoms with Crippen molar-refractivity contribution in [3.63, 3.8) is 0 Å². The predicted octanol–water partition coefficient (Wildman–Crippen LogP) is 5.39. The molecule has 0 radical (unpaired) electrons. The first-order chi connectivity index (χ1) is 9.15. The van der Waals surface area contributed by atoms with Gasteiger partial charge in [0.15, 0.2) is 8.32 Å². The van der Waals surface area contributed by atoms with Gasteiger partial charge in [-0.15, -0.1) is 0 Å². The summed E-state index contributed by atoms with van der Waals surface area (Å²) in [6.45, 7) is 11.5. The van der Waals surface area contributed by atoms with Crippen LogP contribution >= 0.6 is 0 Å². The van der Waals surface area contributed by atoms with Gasteiger partial charge in [0.05, 0.1) is 0 Å². The van der Waals surface area contributed by atoms with Crippen LogP contribution in [0.15, 0.2) is 24.3 Å². The summed E-state index contributed by atoms with van der Waals surface area (Å²) in [4.78, 5) is 0. The van der Waals surface area contributed by atoms with E-state index in [-0.39, 0.29) is 10.6 Å². The van der Waals surface area contributed by atoms with Crippen molar-refractivity contribution in [2.45, 2.75) is 45.3 Å². The first-order valence-corrected chi connectivity index (χ1v) is 9.80. The molecule has 0 saturated heterocycles. The minimum Gasteiger partial charge on any atom is -0.417 e. The van der Waals surface area contributed by atoms with Crippen molar-refractivity contribution in [3.05, 3.63) is 41.5 Å². The van der Waals surface area contributed by atoms with Gasteiger partial charge in [0, 0.05) is 12.2 Å². The maximum atomic E-state index is 13.4. The van der Waals surface area contributed by atoms with E-state index in [0.717, 1.165) is 0 Å². The molecule has 0 aromatic heterocycles. The molecule has 1 nitrogen and oxygen atoms in total. The van der Waals surface area contributed by atoms with Crippen LogP contribution in [0.3, 0.4) is 0 Å². The van der Waals surface area contributed by atoms with Gasteiger partial charge in [0.25, 0.3) is 0 Å². The summed E-state index contributed by atoms with van der Waals surface area (Å²) in [7, 11) is -1.74. The Balaban J connectivity index is 2.52. The fraction of sp³-hybridized carbons (Fsp3) is 0.500. The zero-order valence-electron chi connectivity index (χ0n) is 13.0. The van der Waals surface area contributed by atoms with Crippen molar-refractivity contribution in [3.8, 4) is 0 Å². The normalized spacial score (nSPS) is 13.2. The average molecular weight is 298 g/mol. The molecule has 0 aliphatic heterocycles. The molecule has 0 fully saturated rings. The summed E-state index contributed by atoms with van der Waals surface area (Å²) in [6, 6.07) is 3.88. The molecule has 0 aliphatic carbocycles. The molecule has 0 aliphatic rings. The highest BCUT2D eigenvalue weighted by molar-refractivity contribution is 6.74. The monoisotopic (exact) mass is 298 g/mol. The maximum Gasteiger partial charge on any atom is 0.191 e. The number of rotatable bonds is 5. The minimum absolute atomic E-state index is 0.0137. The highest BCUT2D eigenvalue weighted by atomic mass is 28.4. The molecule has 1 aromatic rings. The minimum atomic E-state index is -1.74. The molecule has 20 heavy (non-hydrogen) atoms. The number of benzene rings is 1. The predicted molar refractivity (Wildman–Crippen MR) is 83.2 cm³/mol. The van der Waals surface area contributed by atoms with Gasteiger partial charge >= 0.3 is 0 Å². The van der Waals surface area contributed by atoms with E-state index < -0.39 is 20.0 Å². The van der Waals surface area contributed by atoms with E-state index in [0.29, 0.717) is 13.0 Å². The van der Waals surface area contributed by atoms with Crippen LogP contribution in [0, 0.1) is 11.6 Å². The molecular weight excluding hydrogens is 274 g/mol. The van der Waals surface area contributed by atoms with Crippen molar-refractivity contribution in [1.29, 1.82) is 0 Å². The average Bonchev–Trinajstić information content (AvgIpc) is 2.30. The molecule has 1 aromatic carbocycles. The van der Waals surface area contributed by atoms with Crippen LogP contribution in [-0.2, 0) is 4.43 Å². The van der Waals surface area contributed by atoms with Crippen molar-refractivity contribution in [2.75, 3.05) is 6.61 Å². The first kappa shape index (κ1) is 17.0.